The number of rotatable bonds is 8. The highest BCUT2D eigenvalue weighted by atomic mass is 16.5. The molecule has 210 valence electrons. The number of anilines is 1. The number of hydrogen-bond donors (Lipinski definition) is 1. The first-order valence-corrected chi connectivity index (χ1v) is 13.3. The number of piperidine rings is 1. The van der Waals surface area contributed by atoms with Gasteiger partial charge in [-0.2, -0.15) is 10.4 Å². The van der Waals surface area contributed by atoms with Crippen LogP contribution in [0.4, 0.5) is 5.82 Å². The number of methoxy groups -OCH3 is 1. The highest BCUT2D eigenvalue weighted by Crippen LogP contribution is 2.36. The SMILES string of the molecule is [2H]C1([2H])N(c2cnc(-c3cc(OC[C@@H]4CNCCO4)cn4ncc(C#N)c34)cn2)C([2H])([2H])C2([2H])CC1([2H])N2Cc1ccc(OC)cc1. The van der Waals surface area contributed by atoms with Gasteiger partial charge in [0, 0.05) is 53.0 Å². The van der Waals surface area contributed by atoms with Crippen molar-refractivity contribution in [3.8, 4) is 28.8 Å². The Balaban J connectivity index is 1.20. The third-order valence-electron chi connectivity index (χ3n) is 7.26. The molecule has 4 fully saturated rings. The van der Waals surface area contributed by atoms with Crippen LogP contribution in [0.25, 0.3) is 16.8 Å². The molecule has 2 unspecified atom stereocenters. The summed E-state index contributed by atoms with van der Waals surface area (Å²) >= 11 is 0. The lowest BCUT2D eigenvalue weighted by Crippen LogP contribution is -2.68. The summed E-state index contributed by atoms with van der Waals surface area (Å²) in [6.45, 7) is -2.90. The zero-order chi connectivity index (χ0) is 33.2. The van der Waals surface area contributed by atoms with E-state index in [9.17, 15) is 8.00 Å². The van der Waals surface area contributed by atoms with Crippen LogP contribution in [0.2, 0.25) is 0 Å². The number of fused-ring (bicyclic) bond motifs is 3. The number of pyridine rings is 1. The second-order valence-corrected chi connectivity index (χ2v) is 9.88. The molecule has 0 spiro atoms. The Morgan fingerprint density at radius 1 is 1.17 bits per heavy atom. The van der Waals surface area contributed by atoms with E-state index in [2.05, 4.69) is 26.5 Å². The number of ether oxygens (including phenoxy) is 3. The van der Waals surface area contributed by atoms with Crippen molar-refractivity contribution in [2.45, 2.75) is 31.1 Å². The third kappa shape index (κ3) is 5.06. The Morgan fingerprint density at radius 3 is 2.73 bits per heavy atom. The predicted octanol–water partition coefficient (Wildman–Crippen LogP) is 2.50. The molecule has 2 bridgehead atoms. The van der Waals surface area contributed by atoms with Crippen LogP contribution in [0, 0.1) is 11.3 Å². The molecule has 7 heterocycles. The molecule has 8 rings (SSSR count). The van der Waals surface area contributed by atoms with E-state index in [1.165, 1.54) is 28.0 Å². The van der Waals surface area contributed by atoms with Gasteiger partial charge in [-0.1, -0.05) is 12.1 Å². The maximum atomic E-state index is 9.75. The second kappa shape index (κ2) is 11.0. The number of nitrogens with one attached hydrogen (secondary N) is 1. The lowest BCUT2D eigenvalue weighted by atomic mass is 9.87. The summed E-state index contributed by atoms with van der Waals surface area (Å²) in [6.07, 6.45) is 5.18. The summed E-state index contributed by atoms with van der Waals surface area (Å²) in [4.78, 5) is 11.0. The predicted molar refractivity (Wildman–Crippen MR) is 152 cm³/mol. The molecular formula is C30H32N8O3. The maximum absolute atomic E-state index is 9.75. The Hall–Kier alpha value is -4.24. The summed E-state index contributed by atoms with van der Waals surface area (Å²) in [5.41, 5.74) is 2.24. The fraction of sp³-hybridized carbons (Fsp3) is 0.400. The van der Waals surface area contributed by atoms with E-state index in [1.54, 1.807) is 43.6 Å². The highest BCUT2D eigenvalue weighted by Gasteiger charge is 2.44. The first-order valence-electron chi connectivity index (χ1n) is 16.3. The van der Waals surface area contributed by atoms with Gasteiger partial charge in [-0.25, -0.2) is 9.50 Å². The van der Waals surface area contributed by atoms with Crippen LogP contribution in [0.1, 0.15) is 25.8 Å². The van der Waals surface area contributed by atoms with Gasteiger partial charge < -0.3 is 24.4 Å². The van der Waals surface area contributed by atoms with Crippen molar-refractivity contribution in [2.75, 3.05) is 51.3 Å². The molecule has 4 aliphatic rings. The van der Waals surface area contributed by atoms with Gasteiger partial charge >= 0.3 is 0 Å². The number of piperazine rings is 1. The molecule has 1 aromatic carbocycles. The summed E-state index contributed by atoms with van der Waals surface area (Å²) < 4.78 is 73.0. The standard InChI is InChI=1S/C30H32N8O3/c1-39-24-4-2-20(3-5-24)15-37-22-8-23(37)17-36(16-22)29-14-33-28(13-34-29)27-9-25(41-19-26-12-32-6-7-40-26)18-38-30(27)21(10-31)11-35-38/h2-5,9,11,13-14,18,22-23,26,32H,6-8,12,15-17,19H2,1H3/t22?,23?,26-/m0/s1/i16D2,17D2,22D,23D. The normalized spacial score (nSPS) is 30.4. The van der Waals surface area contributed by atoms with Gasteiger partial charge in [-0.3, -0.25) is 9.88 Å². The molecule has 1 N–H and O–H groups in total. The van der Waals surface area contributed by atoms with Crippen LogP contribution < -0.4 is 19.7 Å². The highest BCUT2D eigenvalue weighted by molar-refractivity contribution is 5.83. The Labute approximate surface area is 246 Å². The molecule has 3 aromatic heterocycles. The molecule has 4 aliphatic heterocycles. The molecule has 3 atom stereocenters. The molecule has 41 heavy (non-hydrogen) atoms. The Kier molecular flexibility index (Phi) is 5.29. The first kappa shape index (κ1) is 19.8. The van der Waals surface area contributed by atoms with Gasteiger partial charge in [-0.05, 0) is 30.2 Å². The van der Waals surface area contributed by atoms with Gasteiger partial charge in [0.1, 0.15) is 36.1 Å². The first-order chi connectivity index (χ1) is 22.4. The van der Waals surface area contributed by atoms with Crippen molar-refractivity contribution in [1.29, 1.82) is 5.26 Å². The van der Waals surface area contributed by atoms with Crippen LogP contribution in [0.3, 0.4) is 0 Å². The number of benzene rings is 1. The van der Waals surface area contributed by atoms with E-state index in [0.29, 0.717) is 52.6 Å². The summed E-state index contributed by atoms with van der Waals surface area (Å²) in [5.74, 6) is 0.912. The smallest absolute Gasteiger partial charge is 0.147 e. The van der Waals surface area contributed by atoms with Crippen LogP contribution in [0.15, 0.2) is 55.1 Å². The van der Waals surface area contributed by atoms with Crippen molar-refractivity contribution in [1.82, 2.24) is 29.8 Å². The lowest BCUT2D eigenvalue weighted by molar-refractivity contribution is -0.00870. The van der Waals surface area contributed by atoms with Crippen LogP contribution in [-0.4, -0.2) is 89.0 Å². The van der Waals surface area contributed by atoms with Crippen molar-refractivity contribution >= 4 is 11.3 Å². The van der Waals surface area contributed by atoms with Gasteiger partial charge in [-0.15, -0.1) is 0 Å². The summed E-state index contributed by atoms with van der Waals surface area (Å²) in [7, 11) is 1.54. The number of nitrogens with zero attached hydrogens (tertiary/aromatic N) is 7. The number of nitriles is 1. The molecule has 0 radical (unpaired) electrons. The molecule has 4 saturated heterocycles. The molecule has 11 heteroatoms. The second-order valence-electron chi connectivity index (χ2n) is 9.88. The molecule has 11 nitrogen and oxygen atoms in total. The van der Waals surface area contributed by atoms with Gasteiger partial charge in [0.25, 0.3) is 0 Å². The lowest BCUT2D eigenvalue weighted by Gasteiger charge is -2.56. The van der Waals surface area contributed by atoms with Crippen LogP contribution >= 0.6 is 0 Å². The zero-order valence-corrected chi connectivity index (χ0v) is 22.4. The van der Waals surface area contributed by atoms with Crippen LogP contribution in [-0.2, 0) is 11.3 Å². The number of hydrogen-bond acceptors (Lipinski definition) is 10. The zero-order valence-electron chi connectivity index (χ0n) is 28.4. The minimum absolute atomic E-state index is 0.00115. The molecule has 0 saturated carbocycles. The average Bonchev–Trinajstić information content (AvgIpc) is 3.49. The summed E-state index contributed by atoms with van der Waals surface area (Å²) in [6, 6.07) is 6.91. The maximum Gasteiger partial charge on any atom is 0.147 e. The van der Waals surface area contributed by atoms with Crippen molar-refractivity contribution in [3.63, 3.8) is 0 Å². The van der Waals surface area contributed by atoms with E-state index in [1.807, 2.05) is 0 Å². The van der Waals surface area contributed by atoms with Gasteiger partial charge in [0.05, 0.1) is 60.8 Å². The molecule has 4 aromatic rings. The minimum Gasteiger partial charge on any atom is -0.497 e. The van der Waals surface area contributed by atoms with E-state index >= 15 is 0 Å². The van der Waals surface area contributed by atoms with Crippen LogP contribution in [0.5, 0.6) is 11.5 Å². The van der Waals surface area contributed by atoms with E-state index in [0.717, 1.165) is 11.4 Å². The van der Waals surface area contributed by atoms with Gasteiger partial charge in [0.2, 0.25) is 0 Å². The monoisotopic (exact) mass is 558 g/mol. The largest absolute Gasteiger partial charge is 0.497 e. The Morgan fingerprint density at radius 2 is 2.02 bits per heavy atom. The van der Waals surface area contributed by atoms with E-state index < -0.39 is 25.0 Å². The fourth-order valence-electron chi connectivity index (χ4n) is 5.07. The number of morpholine rings is 1. The third-order valence-corrected chi connectivity index (χ3v) is 7.26. The minimum atomic E-state index is -2.60. The van der Waals surface area contributed by atoms with Crippen molar-refractivity contribution in [3.05, 3.63) is 66.2 Å². The molecular weight excluding hydrogens is 520 g/mol. The van der Waals surface area contributed by atoms with Crippen molar-refractivity contribution in [2.24, 2.45) is 0 Å². The fourth-order valence-corrected chi connectivity index (χ4v) is 5.07. The summed E-state index contributed by atoms with van der Waals surface area (Å²) in [5, 5.41) is 17.3. The Bertz CT molecular complexity index is 1820. The van der Waals surface area contributed by atoms with E-state index in [-0.39, 0.29) is 31.5 Å². The topological polar surface area (TPSA) is 113 Å². The van der Waals surface area contributed by atoms with E-state index in [4.69, 9.17) is 19.7 Å². The molecule has 0 aliphatic carbocycles. The van der Waals surface area contributed by atoms with Crippen molar-refractivity contribution < 1.29 is 22.4 Å². The average molecular weight is 559 g/mol. The number of aromatic nitrogens is 4. The quantitative estimate of drug-likeness (QED) is 0.346. The van der Waals surface area contributed by atoms with Gasteiger partial charge in [0.15, 0.2) is 0 Å². The molecule has 0 amide bonds.